The van der Waals surface area contributed by atoms with Crippen molar-refractivity contribution in [1.82, 2.24) is 5.16 Å². The van der Waals surface area contributed by atoms with Gasteiger partial charge in [-0.15, -0.1) is 0 Å². The number of aromatic nitrogens is 1. The third kappa shape index (κ3) is 2.94. The van der Waals surface area contributed by atoms with Crippen molar-refractivity contribution in [2.45, 2.75) is 6.18 Å². The van der Waals surface area contributed by atoms with E-state index in [4.69, 9.17) is 21.4 Å². The molecule has 0 aliphatic carbocycles. The Bertz CT molecular complexity index is 696. The minimum Gasteiger partial charge on any atom is -0.495 e. The van der Waals surface area contributed by atoms with Crippen LogP contribution in [0.4, 0.5) is 13.2 Å². The Labute approximate surface area is 120 Å². The number of ether oxygens (including phenoxy) is 1. The van der Waals surface area contributed by atoms with Gasteiger partial charge in [0.05, 0.1) is 17.7 Å². The molecule has 2 rings (SSSR count). The number of carboxylic acid groups (broad SMARTS) is 1. The van der Waals surface area contributed by atoms with Gasteiger partial charge in [0.1, 0.15) is 5.75 Å². The Morgan fingerprint density at radius 1 is 1.38 bits per heavy atom. The van der Waals surface area contributed by atoms with Crippen LogP contribution < -0.4 is 4.74 Å². The summed E-state index contributed by atoms with van der Waals surface area (Å²) in [7, 11) is 1.18. The molecule has 0 saturated heterocycles. The van der Waals surface area contributed by atoms with Crippen molar-refractivity contribution >= 4 is 17.6 Å². The quantitative estimate of drug-likeness (QED) is 0.932. The highest BCUT2D eigenvalue weighted by Crippen LogP contribution is 2.42. The summed E-state index contributed by atoms with van der Waals surface area (Å²) >= 11 is 5.80. The second kappa shape index (κ2) is 5.28. The van der Waals surface area contributed by atoms with Crippen LogP contribution in [0, 0.1) is 0 Å². The van der Waals surface area contributed by atoms with Gasteiger partial charge in [-0.1, -0.05) is 16.8 Å². The lowest BCUT2D eigenvalue weighted by Crippen LogP contribution is -2.07. The van der Waals surface area contributed by atoms with Gasteiger partial charge < -0.3 is 14.4 Å². The van der Waals surface area contributed by atoms with E-state index < -0.39 is 29.0 Å². The fourth-order valence-corrected chi connectivity index (χ4v) is 1.89. The van der Waals surface area contributed by atoms with Gasteiger partial charge in [-0.2, -0.15) is 13.2 Å². The molecule has 0 fully saturated rings. The molecule has 0 spiro atoms. The molecule has 1 heterocycles. The molecule has 112 valence electrons. The summed E-state index contributed by atoms with van der Waals surface area (Å²) in [6, 6.07) is 2.58. The molecule has 0 bridgehead atoms. The Hall–Kier alpha value is -2.22. The van der Waals surface area contributed by atoms with Crippen molar-refractivity contribution < 1.29 is 32.3 Å². The molecular formula is C12H7ClF3NO4. The summed E-state index contributed by atoms with van der Waals surface area (Å²) in [5.74, 6) is -1.94. The number of alkyl halides is 3. The minimum atomic E-state index is -4.70. The van der Waals surface area contributed by atoms with Crippen LogP contribution in [-0.2, 0) is 6.18 Å². The first-order chi connectivity index (χ1) is 9.74. The van der Waals surface area contributed by atoms with Gasteiger partial charge in [0, 0.05) is 11.6 Å². The Balaban J connectivity index is 2.65. The number of hydrogen-bond acceptors (Lipinski definition) is 4. The van der Waals surface area contributed by atoms with E-state index in [1.54, 1.807) is 0 Å². The number of aromatic carboxylic acids is 1. The van der Waals surface area contributed by atoms with Gasteiger partial charge in [0.25, 0.3) is 0 Å². The normalized spacial score (nSPS) is 11.5. The van der Waals surface area contributed by atoms with Crippen LogP contribution in [0.3, 0.4) is 0 Å². The maximum Gasteiger partial charge on any atom is 0.417 e. The minimum absolute atomic E-state index is 0.0752. The van der Waals surface area contributed by atoms with Crippen molar-refractivity contribution in [3.05, 3.63) is 34.5 Å². The number of rotatable bonds is 3. The summed E-state index contributed by atoms with van der Waals surface area (Å²) in [5, 5.41) is 11.8. The standard InChI is InChI=1S/C12H7ClF3NO4/c1-20-10-3-6(12(14,15)16)5(2-7(10)13)9-4-8(11(18)19)17-21-9/h2-4H,1H3,(H,18,19). The number of halogens is 4. The van der Waals surface area contributed by atoms with Crippen molar-refractivity contribution in [2.75, 3.05) is 7.11 Å². The largest absolute Gasteiger partial charge is 0.495 e. The average molecular weight is 322 g/mol. The second-order valence-corrected chi connectivity index (χ2v) is 4.32. The highest BCUT2D eigenvalue weighted by molar-refractivity contribution is 6.32. The molecule has 0 saturated carbocycles. The average Bonchev–Trinajstić information content (AvgIpc) is 2.86. The predicted molar refractivity (Wildman–Crippen MR) is 65.5 cm³/mol. The van der Waals surface area contributed by atoms with E-state index in [1.165, 1.54) is 7.11 Å². The highest BCUT2D eigenvalue weighted by atomic mass is 35.5. The summed E-state index contributed by atoms with van der Waals surface area (Å²) in [4.78, 5) is 10.7. The lowest BCUT2D eigenvalue weighted by molar-refractivity contribution is -0.137. The molecule has 1 aromatic heterocycles. The van der Waals surface area contributed by atoms with Gasteiger partial charge in [0.15, 0.2) is 11.5 Å². The van der Waals surface area contributed by atoms with Crippen molar-refractivity contribution in [2.24, 2.45) is 0 Å². The van der Waals surface area contributed by atoms with Crippen LogP contribution in [0.25, 0.3) is 11.3 Å². The Morgan fingerprint density at radius 2 is 2.05 bits per heavy atom. The second-order valence-electron chi connectivity index (χ2n) is 3.91. The summed E-state index contributed by atoms with van der Waals surface area (Å²) in [6.07, 6.45) is -4.70. The van der Waals surface area contributed by atoms with Crippen LogP contribution in [0.2, 0.25) is 5.02 Å². The van der Waals surface area contributed by atoms with Gasteiger partial charge >= 0.3 is 12.1 Å². The number of nitrogens with zero attached hydrogens (tertiary/aromatic N) is 1. The Morgan fingerprint density at radius 3 is 2.52 bits per heavy atom. The van der Waals surface area contributed by atoms with Gasteiger partial charge in [0.2, 0.25) is 0 Å². The van der Waals surface area contributed by atoms with Gasteiger partial charge in [-0.25, -0.2) is 4.79 Å². The van der Waals surface area contributed by atoms with E-state index >= 15 is 0 Å². The first-order valence-corrected chi connectivity index (χ1v) is 5.77. The van der Waals surface area contributed by atoms with Crippen molar-refractivity contribution in [1.29, 1.82) is 0 Å². The van der Waals surface area contributed by atoms with Gasteiger partial charge in [-0.05, 0) is 12.1 Å². The first-order valence-electron chi connectivity index (χ1n) is 5.39. The Kier molecular flexibility index (Phi) is 3.82. The third-order valence-electron chi connectivity index (χ3n) is 2.59. The van der Waals surface area contributed by atoms with Crippen LogP contribution in [0.1, 0.15) is 16.1 Å². The third-order valence-corrected chi connectivity index (χ3v) is 2.89. The number of carboxylic acids is 1. The number of benzene rings is 1. The maximum atomic E-state index is 13.1. The number of hydrogen-bond donors (Lipinski definition) is 1. The molecule has 0 atom stereocenters. The van der Waals surface area contributed by atoms with Gasteiger partial charge in [-0.3, -0.25) is 0 Å². The maximum absolute atomic E-state index is 13.1. The van der Waals surface area contributed by atoms with Crippen molar-refractivity contribution in [3.63, 3.8) is 0 Å². The molecule has 0 aliphatic rings. The highest BCUT2D eigenvalue weighted by Gasteiger charge is 2.36. The lowest BCUT2D eigenvalue weighted by Gasteiger charge is -2.13. The molecule has 2 aromatic rings. The number of carbonyl (C=O) groups is 1. The fraction of sp³-hybridized carbons (Fsp3) is 0.167. The van der Waals surface area contributed by atoms with E-state index in [9.17, 15) is 18.0 Å². The fourth-order valence-electron chi connectivity index (χ4n) is 1.65. The van der Waals surface area contributed by atoms with E-state index in [2.05, 4.69) is 9.68 Å². The van der Waals surface area contributed by atoms with Crippen molar-refractivity contribution in [3.8, 4) is 17.1 Å². The molecule has 0 amide bonds. The van der Waals surface area contributed by atoms with Crippen LogP contribution in [0.15, 0.2) is 22.7 Å². The molecule has 0 aliphatic heterocycles. The van der Waals surface area contributed by atoms with Crippen LogP contribution in [-0.4, -0.2) is 23.3 Å². The zero-order valence-electron chi connectivity index (χ0n) is 10.4. The topological polar surface area (TPSA) is 72.6 Å². The van der Waals surface area contributed by atoms with E-state index in [0.717, 1.165) is 12.1 Å². The molecule has 21 heavy (non-hydrogen) atoms. The summed E-state index contributed by atoms with van der Waals surface area (Å²) < 4.78 is 48.6. The van der Waals surface area contributed by atoms with E-state index in [-0.39, 0.29) is 16.5 Å². The molecule has 1 aromatic carbocycles. The molecule has 0 radical (unpaired) electrons. The molecule has 1 N–H and O–H groups in total. The van der Waals surface area contributed by atoms with E-state index in [1.807, 2.05) is 0 Å². The molecule has 9 heteroatoms. The molecular weight excluding hydrogens is 315 g/mol. The predicted octanol–water partition coefficient (Wildman–Crippen LogP) is 3.72. The summed E-state index contributed by atoms with van der Waals surface area (Å²) in [6.45, 7) is 0. The lowest BCUT2D eigenvalue weighted by atomic mass is 10.0. The summed E-state index contributed by atoms with van der Waals surface area (Å²) in [5.41, 5.74) is -2.00. The van der Waals surface area contributed by atoms with Crippen LogP contribution >= 0.6 is 11.6 Å². The monoisotopic (exact) mass is 321 g/mol. The first kappa shape index (κ1) is 15.2. The SMILES string of the molecule is COc1cc(C(F)(F)F)c(-c2cc(C(=O)O)no2)cc1Cl. The van der Waals surface area contributed by atoms with Crippen LogP contribution in [0.5, 0.6) is 5.75 Å². The smallest absolute Gasteiger partial charge is 0.417 e. The number of methoxy groups -OCH3 is 1. The molecule has 0 unspecified atom stereocenters. The van der Waals surface area contributed by atoms with E-state index in [0.29, 0.717) is 6.07 Å². The zero-order chi connectivity index (χ0) is 15.8. The zero-order valence-corrected chi connectivity index (χ0v) is 11.1. The molecule has 5 nitrogen and oxygen atoms in total.